The SMILES string of the molecule is CC(N)(CO)c1cn[nH]c1-c1ccccc1. The van der Waals surface area contributed by atoms with E-state index in [9.17, 15) is 5.11 Å². The summed E-state index contributed by atoms with van der Waals surface area (Å²) in [4.78, 5) is 0. The largest absolute Gasteiger partial charge is 0.394 e. The fourth-order valence-corrected chi connectivity index (χ4v) is 1.63. The third-order valence-corrected chi connectivity index (χ3v) is 2.65. The zero-order valence-electron chi connectivity index (χ0n) is 9.14. The van der Waals surface area contributed by atoms with Crippen LogP contribution in [0.1, 0.15) is 12.5 Å². The van der Waals surface area contributed by atoms with Crippen LogP contribution in [0, 0.1) is 0 Å². The van der Waals surface area contributed by atoms with E-state index in [0.29, 0.717) is 0 Å². The van der Waals surface area contributed by atoms with Gasteiger partial charge in [-0.25, -0.2) is 0 Å². The van der Waals surface area contributed by atoms with Crippen LogP contribution in [0.25, 0.3) is 11.3 Å². The number of H-pyrrole nitrogens is 1. The third kappa shape index (κ3) is 1.85. The first-order valence-corrected chi connectivity index (χ1v) is 5.14. The van der Waals surface area contributed by atoms with Gasteiger partial charge in [0.25, 0.3) is 0 Å². The summed E-state index contributed by atoms with van der Waals surface area (Å²) in [6.45, 7) is 1.66. The van der Waals surface area contributed by atoms with Crippen molar-refractivity contribution in [1.82, 2.24) is 10.2 Å². The molecule has 0 spiro atoms. The summed E-state index contributed by atoms with van der Waals surface area (Å²) in [6, 6.07) is 9.81. The minimum Gasteiger partial charge on any atom is -0.394 e. The molecule has 0 amide bonds. The van der Waals surface area contributed by atoms with E-state index in [4.69, 9.17) is 5.73 Å². The molecule has 1 heterocycles. The third-order valence-electron chi connectivity index (χ3n) is 2.65. The summed E-state index contributed by atoms with van der Waals surface area (Å²) >= 11 is 0. The van der Waals surface area contributed by atoms with Crippen LogP contribution in [0.4, 0.5) is 0 Å². The number of nitrogens with one attached hydrogen (secondary N) is 1. The smallest absolute Gasteiger partial charge is 0.0701 e. The Morgan fingerprint density at radius 3 is 2.69 bits per heavy atom. The standard InChI is InChI=1S/C12H15N3O/c1-12(13,8-16)10-7-14-15-11(10)9-5-3-2-4-6-9/h2-7,16H,8,13H2,1H3,(H,14,15). The topological polar surface area (TPSA) is 74.9 Å². The highest BCUT2D eigenvalue weighted by atomic mass is 16.3. The summed E-state index contributed by atoms with van der Waals surface area (Å²) in [5.41, 5.74) is 7.93. The van der Waals surface area contributed by atoms with Crippen molar-refractivity contribution < 1.29 is 5.11 Å². The van der Waals surface area contributed by atoms with Crippen molar-refractivity contribution in [2.24, 2.45) is 5.73 Å². The zero-order chi connectivity index (χ0) is 11.6. The molecule has 0 saturated carbocycles. The molecule has 4 N–H and O–H groups in total. The molecule has 0 aliphatic heterocycles. The minimum absolute atomic E-state index is 0.119. The van der Waals surface area contributed by atoms with Gasteiger partial charge in [-0.15, -0.1) is 0 Å². The second kappa shape index (κ2) is 4.08. The van der Waals surface area contributed by atoms with Crippen LogP contribution in [-0.4, -0.2) is 21.9 Å². The highest BCUT2D eigenvalue weighted by Gasteiger charge is 2.25. The van der Waals surface area contributed by atoms with Crippen LogP contribution < -0.4 is 5.73 Å². The van der Waals surface area contributed by atoms with E-state index in [2.05, 4.69) is 10.2 Å². The molecule has 1 atom stereocenters. The number of benzene rings is 1. The van der Waals surface area contributed by atoms with E-state index < -0.39 is 5.54 Å². The van der Waals surface area contributed by atoms with E-state index in [1.807, 2.05) is 30.3 Å². The summed E-state index contributed by atoms with van der Waals surface area (Å²) < 4.78 is 0. The highest BCUT2D eigenvalue weighted by Crippen LogP contribution is 2.27. The maximum absolute atomic E-state index is 9.27. The van der Waals surface area contributed by atoms with Gasteiger partial charge < -0.3 is 10.8 Å². The molecular weight excluding hydrogens is 202 g/mol. The molecule has 0 aliphatic rings. The Morgan fingerprint density at radius 1 is 1.38 bits per heavy atom. The van der Waals surface area contributed by atoms with E-state index in [-0.39, 0.29) is 6.61 Å². The van der Waals surface area contributed by atoms with Gasteiger partial charge in [-0.1, -0.05) is 30.3 Å². The highest BCUT2D eigenvalue weighted by molar-refractivity contribution is 5.63. The fraction of sp³-hybridized carbons (Fsp3) is 0.250. The molecule has 0 bridgehead atoms. The van der Waals surface area contributed by atoms with E-state index in [1.165, 1.54) is 0 Å². The van der Waals surface area contributed by atoms with Gasteiger partial charge in [-0.3, -0.25) is 5.10 Å². The number of aliphatic hydroxyl groups excluding tert-OH is 1. The molecule has 0 fully saturated rings. The van der Waals surface area contributed by atoms with Crippen molar-refractivity contribution in [2.45, 2.75) is 12.5 Å². The summed E-state index contributed by atoms with van der Waals surface area (Å²) in [5.74, 6) is 0. The molecule has 0 aliphatic carbocycles. The molecule has 4 nitrogen and oxygen atoms in total. The average Bonchev–Trinajstić information content (AvgIpc) is 2.80. The minimum atomic E-state index is -0.780. The van der Waals surface area contributed by atoms with Gasteiger partial charge in [0.15, 0.2) is 0 Å². The normalized spacial score (nSPS) is 14.7. The first kappa shape index (κ1) is 10.9. The molecule has 1 aromatic carbocycles. The monoisotopic (exact) mass is 217 g/mol. The van der Waals surface area contributed by atoms with Crippen LogP contribution >= 0.6 is 0 Å². The molecule has 2 rings (SSSR count). The molecule has 4 heteroatoms. The van der Waals surface area contributed by atoms with Crippen molar-refractivity contribution in [3.63, 3.8) is 0 Å². The van der Waals surface area contributed by atoms with Crippen molar-refractivity contribution in [2.75, 3.05) is 6.61 Å². The van der Waals surface area contributed by atoms with Crippen LogP contribution in [0.3, 0.4) is 0 Å². The predicted molar refractivity (Wildman–Crippen MR) is 62.6 cm³/mol. The van der Waals surface area contributed by atoms with Gasteiger partial charge in [0, 0.05) is 5.56 Å². The molecule has 0 radical (unpaired) electrons. The van der Waals surface area contributed by atoms with Crippen molar-refractivity contribution in [3.8, 4) is 11.3 Å². The number of aromatic nitrogens is 2. The van der Waals surface area contributed by atoms with Gasteiger partial charge in [0.2, 0.25) is 0 Å². The molecule has 2 aromatic rings. The summed E-state index contributed by atoms with van der Waals surface area (Å²) in [6.07, 6.45) is 1.67. The number of aliphatic hydroxyl groups is 1. The number of hydrogen-bond donors (Lipinski definition) is 3. The first-order chi connectivity index (χ1) is 7.65. The van der Waals surface area contributed by atoms with Gasteiger partial charge in [0.05, 0.1) is 24.0 Å². The van der Waals surface area contributed by atoms with Crippen LogP contribution in [0.5, 0.6) is 0 Å². The second-order valence-electron chi connectivity index (χ2n) is 4.10. The van der Waals surface area contributed by atoms with Gasteiger partial charge in [0.1, 0.15) is 0 Å². The number of hydrogen-bond acceptors (Lipinski definition) is 3. The van der Waals surface area contributed by atoms with Gasteiger partial charge in [-0.05, 0) is 12.5 Å². The summed E-state index contributed by atoms with van der Waals surface area (Å²) in [5, 5.41) is 16.2. The lowest BCUT2D eigenvalue weighted by Gasteiger charge is -2.21. The molecule has 0 saturated heterocycles. The van der Waals surface area contributed by atoms with Gasteiger partial charge >= 0.3 is 0 Å². The Balaban J connectivity index is 2.49. The quantitative estimate of drug-likeness (QED) is 0.724. The Hall–Kier alpha value is -1.65. The Kier molecular flexibility index (Phi) is 2.77. The lowest BCUT2D eigenvalue weighted by atomic mass is 9.92. The van der Waals surface area contributed by atoms with Crippen LogP contribution in [0.2, 0.25) is 0 Å². The van der Waals surface area contributed by atoms with Gasteiger partial charge in [-0.2, -0.15) is 5.10 Å². The molecule has 1 aromatic heterocycles. The Labute approximate surface area is 94.1 Å². The van der Waals surface area contributed by atoms with Crippen LogP contribution in [0.15, 0.2) is 36.5 Å². The predicted octanol–water partition coefficient (Wildman–Crippen LogP) is 1.24. The second-order valence-corrected chi connectivity index (χ2v) is 4.10. The zero-order valence-corrected chi connectivity index (χ0v) is 9.14. The van der Waals surface area contributed by atoms with E-state index >= 15 is 0 Å². The van der Waals surface area contributed by atoms with Crippen LogP contribution in [-0.2, 0) is 5.54 Å². The Bertz CT molecular complexity index is 462. The number of nitrogens with two attached hydrogens (primary N) is 1. The van der Waals surface area contributed by atoms with Crippen molar-refractivity contribution in [3.05, 3.63) is 42.1 Å². The maximum Gasteiger partial charge on any atom is 0.0701 e. The molecular formula is C12H15N3O. The molecule has 84 valence electrons. The van der Waals surface area contributed by atoms with E-state index in [1.54, 1.807) is 13.1 Å². The van der Waals surface area contributed by atoms with Crippen molar-refractivity contribution >= 4 is 0 Å². The maximum atomic E-state index is 9.27. The lowest BCUT2D eigenvalue weighted by Crippen LogP contribution is -2.37. The van der Waals surface area contributed by atoms with Crippen molar-refractivity contribution in [1.29, 1.82) is 0 Å². The number of aromatic amines is 1. The Morgan fingerprint density at radius 2 is 2.06 bits per heavy atom. The van der Waals surface area contributed by atoms with E-state index in [0.717, 1.165) is 16.8 Å². The molecule has 16 heavy (non-hydrogen) atoms. The summed E-state index contributed by atoms with van der Waals surface area (Å²) in [7, 11) is 0. The fourth-order valence-electron chi connectivity index (χ4n) is 1.63. The molecule has 1 unspecified atom stereocenters. The average molecular weight is 217 g/mol. The number of rotatable bonds is 3. The number of nitrogens with zero attached hydrogens (tertiary/aromatic N) is 1. The first-order valence-electron chi connectivity index (χ1n) is 5.14. The lowest BCUT2D eigenvalue weighted by molar-refractivity contribution is 0.210.